The zero-order valence-electron chi connectivity index (χ0n) is 14.9. The molecule has 2 N–H and O–H groups in total. The summed E-state index contributed by atoms with van der Waals surface area (Å²) >= 11 is 0. The lowest BCUT2D eigenvalue weighted by molar-refractivity contribution is 0.145. The highest BCUT2D eigenvalue weighted by Crippen LogP contribution is 2.19. The number of nitrogens with zero attached hydrogens (tertiary/aromatic N) is 3. The van der Waals surface area contributed by atoms with Crippen molar-refractivity contribution in [3.63, 3.8) is 0 Å². The Hall–Kier alpha value is -1.69. The van der Waals surface area contributed by atoms with Gasteiger partial charge >= 0.3 is 6.03 Å². The molecule has 2 atom stereocenters. The molecule has 1 aliphatic heterocycles. The number of hydrogen-bond donors (Lipinski definition) is 2. The molecule has 6 nitrogen and oxygen atoms in total. The first kappa shape index (κ1) is 17.7. The molecule has 6 heteroatoms. The van der Waals surface area contributed by atoms with Gasteiger partial charge in [0.2, 0.25) is 0 Å². The molecule has 0 bridgehead atoms. The van der Waals surface area contributed by atoms with E-state index in [1.807, 2.05) is 0 Å². The lowest BCUT2D eigenvalue weighted by Crippen LogP contribution is -2.49. The van der Waals surface area contributed by atoms with Crippen LogP contribution in [-0.2, 0) is 5.41 Å². The molecular weight excluding hydrogens is 290 g/mol. The van der Waals surface area contributed by atoms with Crippen LogP contribution in [0.2, 0.25) is 0 Å². The normalized spacial score (nSPS) is 22.7. The summed E-state index contributed by atoms with van der Waals surface area (Å²) in [5.74, 6) is 0.768. The van der Waals surface area contributed by atoms with Crippen LogP contribution in [0.3, 0.4) is 0 Å². The van der Waals surface area contributed by atoms with Crippen LogP contribution in [0.1, 0.15) is 53.3 Å². The van der Waals surface area contributed by atoms with Crippen LogP contribution in [0.5, 0.6) is 0 Å². The fraction of sp³-hybridized carbons (Fsp3) is 0.706. The molecule has 0 saturated carbocycles. The second-order valence-electron chi connectivity index (χ2n) is 7.34. The number of carbonyl (C=O) groups is 1. The van der Waals surface area contributed by atoms with Crippen molar-refractivity contribution in [2.24, 2.45) is 0 Å². The van der Waals surface area contributed by atoms with E-state index in [4.69, 9.17) is 0 Å². The van der Waals surface area contributed by atoms with E-state index in [-0.39, 0.29) is 17.5 Å². The molecule has 1 aromatic heterocycles. The standard InChI is InChI=1S/C17H29N5O/c1-6-22-8-7-13(9-12(22)2)20-16(23)21-14-10-18-15(19-11-14)17(3,4)5/h10-13H,6-9H2,1-5H3,(H2,20,21,23)/t12-,13-/m1/s1. The fourth-order valence-corrected chi connectivity index (χ4v) is 2.95. The quantitative estimate of drug-likeness (QED) is 0.899. The number of nitrogens with one attached hydrogen (secondary N) is 2. The zero-order valence-corrected chi connectivity index (χ0v) is 14.9. The Morgan fingerprint density at radius 2 is 2.00 bits per heavy atom. The van der Waals surface area contributed by atoms with Crippen molar-refractivity contribution in [3.05, 3.63) is 18.2 Å². The molecule has 2 amide bonds. The number of urea groups is 1. The van der Waals surface area contributed by atoms with Gasteiger partial charge in [-0.1, -0.05) is 27.7 Å². The third kappa shape index (κ3) is 4.89. The molecule has 23 heavy (non-hydrogen) atoms. The molecule has 1 fully saturated rings. The van der Waals surface area contributed by atoms with Crippen molar-refractivity contribution in [1.82, 2.24) is 20.2 Å². The molecule has 2 heterocycles. The SMILES string of the molecule is CCN1CC[C@@H](NC(=O)Nc2cnc(C(C)(C)C)nc2)C[C@H]1C. The van der Waals surface area contributed by atoms with E-state index in [1.165, 1.54) is 0 Å². The Morgan fingerprint density at radius 3 is 2.52 bits per heavy atom. The summed E-state index contributed by atoms with van der Waals surface area (Å²) in [6, 6.07) is 0.551. The van der Waals surface area contributed by atoms with Gasteiger partial charge in [0.1, 0.15) is 5.82 Å². The van der Waals surface area contributed by atoms with Crippen molar-refractivity contribution in [3.8, 4) is 0 Å². The highest BCUT2D eigenvalue weighted by Gasteiger charge is 2.25. The molecule has 0 unspecified atom stereocenters. The number of likely N-dealkylation sites (tertiary alicyclic amines) is 1. The van der Waals surface area contributed by atoms with Crippen molar-refractivity contribution >= 4 is 11.7 Å². The maximum atomic E-state index is 12.1. The first-order chi connectivity index (χ1) is 10.8. The van der Waals surface area contributed by atoms with Gasteiger partial charge in [0.25, 0.3) is 0 Å². The summed E-state index contributed by atoms with van der Waals surface area (Å²) in [7, 11) is 0. The highest BCUT2D eigenvalue weighted by molar-refractivity contribution is 5.89. The second-order valence-corrected chi connectivity index (χ2v) is 7.34. The Kier molecular flexibility index (Phi) is 5.57. The summed E-state index contributed by atoms with van der Waals surface area (Å²) in [6.45, 7) is 12.7. The molecule has 0 aromatic carbocycles. The Bertz CT molecular complexity index is 523. The van der Waals surface area contributed by atoms with E-state index in [0.29, 0.717) is 11.7 Å². The van der Waals surface area contributed by atoms with E-state index in [0.717, 1.165) is 31.8 Å². The van der Waals surface area contributed by atoms with Gasteiger partial charge in [-0.3, -0.25) is 0 Å². The van der Waals surface area contributed by atoms with Gasteiger partial charge in [-0.25, -0.2) is 14.8 Å². The van der Waals surface area contributed by atoms with E-state index < -0.39 is 0 Å². The monoisotopic (exact) mass is 319 g/mol. The van der Waals surface area contributed by atoms with Gasteiger partial charge < -0.3 is 15.5 Å². The van der Waals surface area contributed by atoms with Crippen molar-refractivity contribution in [2.75, 3.05) is 18.4 Å². The molecule has 0 spiro atoms. The smallest absolute Gasteiger partial charge is 0.319 e. The van der Waals surface area contributed by atoms with E-state index in [9.17, 15) is 4.79 Å². The number of amides is 2. The van der Waals surface area contributed by atoms with Gasteiger partial charge in [0, 0.05) is 24.0 Å². The summed E-state index contributed by atoms with van der Waals surface area (Å²) in [5.41, 5.74) is 0.527. The van der Waals surface area contributed by atoms with Crippen LogP contribution in [0.4, 0.5) is 10.5 Å². The average Bonchev–Trinajstić information content (AvgIpc) is 2.47. The number of hydrogen-bond acceptors (Lipinski definition) is 4. The molecular formula is C17H29N5O. The van der Waals surface area contributed by atoms with Crippen molar-refractivity contribution < 1.29 is 4.79 Å². The highest BCUT2D eigenvalue weighted by atomic mass is 16.2. The first-order valence-electron chi connectivity index (χ1n) is 8.43. The van der Waals surface area contributed by atoms with Crippen LogP contribution >= 0.6 is 0 Å². The Morgan fingerprint density at radius 1 is 1.35 bits per heavy atom. The molecule has 1 aromatic rings. The minimum absolute atomic E-state index is 0.0931. The third-order valence-corrected chi connectivity index (χ3v) is 4.34. The van der Waals surface area contributed by atoms with E-state index in [2.05, 4.69) is 60.1 Å². The zero-order chi connectivity index (χ0) is 17.0. The molecule has 128 valence electrons. The average molecular weight is 319 g/mol. The van der Waals surface area contributed by atoms with Crippen LogP contribution in [0.25, 0.3) is 0 Å². The van der Waals surface area contributed by atoms with Crippen LogP contribution < -0.4 is 10.6 Å². The minimum atomic E-state index is -0.181. The predicted octanol–water partition coefficient (Wildman–Crippen LogP) is 2.77. The van der Waals surface area contributed by atoms with Gasteiger partial charge in [0.05, 0.1) is 18.1 Å². The lowest BCUT2D eigenvalue weighted by Gasteiger charge is -2.37. The van der Waals surface area contributed by atoms with E-state index in [1.54, 1.807) is 12.4 Å². The summed E-state index contributed by atoms with van der Waals surface area (Å²) < 4.78 is 0. The van der Waals surface area contributed by atoms with Crippen molar-refractivity contribution in [1.29, 1.82) is 0 Å². The molecule has 1 saturated heterocycles. The van der Waals surface area contributed by atoms with Gasteiger partial charge in [-0.05, 0) is 26.3 Å². The Balaban J connectivity index is 1.85. The molecule has 2 rings (SSSR count). The van der Waals surface area contributed by atoms with Gasteiger partial charge in [-0.2, -0.15) is 0 Å². The second kappa shape index (κ2) is 7.25. The molecule has 1 aliphatic rings. The van der Waals surface area contributed by atoms with Crippen LogP contribution in [0, 0.1) is 0 Å². The summed E-state index contributed by atoms with van der Waals surface area (Å²) in [6.07, 6.45) is 5.30. The predicted molar refractivity (Wildman–Crippen MR) is 92.6 cm³/mol. The summed E-state index contributed by atoms with van der Waals surface area (Å²) in [5, 5.41) is 5.87. The van der Waals surface area contributed by atoms with Gasteiger partial charge in [0.15, 0.2) is 0 Å². The maximum absolute atomic E-state index is 12.1. The van der Waals surface area contributed by atoms with E-state index >= 15 is 0 Å². The lowest BCUT2D eigenvalue weighted by atomic mass is 9.96. The van der Waals surface area contributed by atoms with Crippen LogP contribution in [-0.4, -0.2) is 46.1 Å². The number of carbonyl (C=O) groups excluding carboxylic acids is 1. The number of piperidine rings is 1. The first-order valence-corrected chi connectivity index (χ1v) is 8.43. The minimum Gasteiger partial charge on any atom is -0.335 e. The fourth-order valence-electron chi connectivity index (χ4n) is 2.95. The largest absolute Gasteiger partial charge is 0.335 e. The van der Waals surface area contributed by atoms with Crippen molar-refractivity contribution in [2.45, 2.75) is 65.0 Å². The number of anilines is 1. The topological polar surface area (TPSA) is 70.2 Å². The summed E-state index contributed by atoms with van der Waals surface area (Å²) in [4.78, 5) is 23.2. The Labute approximate surface area is 139 Å². The van der Waals surface area contributed by atoms with Gasteiger partial charge in [-0.15, -0.1) is 0 Å². The number of aromatic nitrogens is 2. The maximum Gasteiger partial charge on any atom is 0.319 e. The third-order valence-electron chi connectivity index (χ3n) is 4.34. The molecule has 0 radical (unpaired) electrons. The molecule has 0 aliphatic carbocycles. The van der Waals surface area contributed by atoms with Crippen LogP contribution in [0.15, 0.2) is 12.4 Å². The number of rotatable bonds is 3.